The number of hydrogen-bond acceptors (Lipinski definition) is 2. The molecule has 1 unspecified atom stereocenters. The highest BCUT2D eigenvalue weighted by molar-refractivity contribution is 6.30. The number of halogens is 2. The van der Waals surface area contributed by atoms with Crippen LogP contribution in [0, 0.1) is 5.82 Å². The molecule has 82 valence electrons. The van der Waals surface area contributed by atoms with Gasteiger partial charge in [0.2, 0.25) is 0 Å². The summed E-state index contributed by atoms with van der Waals surface area (Å²) in [6.45, 7) is 1.50. The van der Waals surface area contributed by atoms with Crippen LogP contribution in [-0.2, 0) is 11.2 Å². The summed E-state index contributed by atoms with van der Waals surface area (Å²) in [5.74, 6) is -0.464. The van der Waals surface area contributed by atoms with Crippen LogP contribution >= 0.6 is 11.6 Å². The van der Waals surface area contributed by atoms with Gasteiger partial charge in [-0.05, 0) is 24.6 Å². The molecule has 0 fully saturated rings. The van der Waals surface area contributed by atoms with Crippen LogP contribution in [0.3, 0.4) is 0 Å². The monoisotopic (exact) mass is 230 g/mol. The summed E-state index contributed by atoms with van der Waals surface area (Å²) in [7, 11) is 0. The second kappa shape index (κ2) is 4.73. The molecule has 0 aliphatic heterocycles. The Kier molecular flexibility index (Phi) is 3.83. The molecular formula is C11H12ClFO2. The fraction of sp³-hybridized carbons (Fsp3) is 0.364. The van der Waals surface area contributed by atoms with Gasteiger partial charge in [-0.2, -0.15) is 0 Å². The molecule has 15 heavy (non-hydrogen) atoms. The highest BCUT2D eigenvalue weighted by atomic mass is 35.5. The number of carbonyl (C=O) groups excluding carboxylic acids is 1. The van der Waals surface area contributed by atoms with Crippen molar-refractivity contribution in [1.82, 2.24) is 0 Å². The van der Waals surface area contributed by atoms with E-state index >= 15 is 0 Å². The minimum atomic E-state index is -1.21. The molecular weight excluding hydrogens is 219 g/mol. The molecule has 2 nitrogen and oxygen atoms in total. The van der Waals surface area contributed by atoms with Crippen LogP contribution in [0.15, 0.2) is 18.2 Å². The molecule has 0 radical (unpaired) electrons. The normalized spacial score (nSPS) is 14.7. The van der Waals surface area contributed by atoms with Gasteiger partial charge in [-0.3, -0.25) is 0 Å². The third-order valence-corrected chi connectivity index (χ3v) is 2.34. The maximum absolute atomic E-state index is 13.3. The molecule has 0 aliphatic rings. The number of hydrogen-bond donors (Lipinski definition) is 1. The van der Waals surface area contributed by atoms with Crippen molar-refractivity contribution < 1.29 is 14.3 Å². The molecule has 1 atom stereocenters. The van der Waals surface area contributed by atoms with E-state index in [2.05, 4.69) is 0 Å². The zero-order chi connectivity index (χ0) is 11.5. The van der Waals surface area contributed by atoms with E-state index in [0.717, 1.165) is 0 Å². The number of aldehydes is 1. The SMILES string of the molecule is CC(O)(CC=O)Cc1ccc(Cl)cc1F. The van der Waals surface area contributed by atoms with Crippen molar-refractivity contribution in [2.75, 3.05) is 0 Å². The first-order valence-electron chi connectivity index (χ1n) is 4.54. The van der Waals surface area contributed by atoms with Crippen LogP contribution in [0.25, 0.3) is 0 Å². The summed E-state index contributed by atoms with van der Waals surface area (Å²) in [5, 5.41) is 10.0. The molecule has 0 spiro atoms. The predicted molar refractivity (Wildman–Crippen MR) is 56.4 cm³/mol. The average molecular weight is 231 g/mol. The van der Waals surface area contributed by atoms with Gasteiger partial charge >= 0.3 is 0 Å². The fourth-order valence-corrected chi connectivity index (χ4v) is 1.49. The third kappa shape index (κ3) is 3.61. The van der Waals surface area contributed by atoms with E-state index in [1.807, 2.05) is 0 Å². The molecule has 4 heteroatoms. The topological polar surface area (TPSA) is 37.3 Å². The van der Waals surface area contributed by atoms with E-state index in [1.165, 1.54) is 19.1 Å². The third-order valence-electron chi connectivity index (χ3n) is 2.11. The Morgan fingerprint density at radius 3 is 2.80 bits per heavy atom. The molecule has 1 aromatic carbocycles. The van der Waals surface area contributed by atoms with Gasteiger partial charge in [-0.15, -0.1) is 0 Å². The van der Waals surface area contributed by atoms with Crippen molar-refractivity contribution in [3.05, 3.63) is 34.6 Å². The smallest absolute Gasteiger partial charge is 0.127 e. The second-order valence-electron chi connectivity index (χ2n) is 3.78. The van der Waals surface area contributed by atoms with Crippen LogP contribution in [0.4, 0.5) is 4.39 Å². The second-order valence-corrected chi connectivity index (χ2v) is 4.22. The van der Waals surface area contributed by atoms with E-state index < -0.39 is 11.4 Å². The molecule has 0 saturated carbocycles. The van der Waals surface area contributed by atoms with E-state index in [9.17, 15) is 14.3 Å². The van der Waals surface area contributed by atoms with Gasteiger partial charge in [0.15, 0.2) is 0 Å². The van der Waals surface area contributed by atoms with Gasteiger partial charge in [0.1, 0.15) is 12.1 Å². The summed E-state index contributed by atoms with van der Waals surface area (Å²) >= 11 is 5.59. The molecule has 0 amide bonds. The first-order chi connectivity index (χ1) is 6.94. The fourth-order valence-electron chi connectivity index (χ4n) is 1.33. The number of benzene rings is 1. The van der Waals surface area contributed by atoms with E-state index in [-0.39, 0.29) is 12.8 Å². The first kappa shape index (κ1) is 12.1. The molecule has 0 aromatic heterocycles. The van der Waals surface area contributed by atoms with Crippen molar-refractivity contribution in [3.8, 4) is 0 Å². The van der Waals surface area contributed by atoms with Crippen LogP contribution in [0.2, 0.25) is 5.02 Å². The maximum Gasteiger partial charge on any atom is 0.127 e. The Balaban J connectivity index is 2.84. The Bertz CT molecular complexity index is 364. The van der Waals surface area contributed by atoms with Gasteiger partial charge < -0.3 is 9.90 Å². The van der Waals surface area contributed by atoms with Crippen molar-refractivity contribution in [3.63, 3.8) is 0 Å². The van der Waals surface area contributed by atoms with Crippen LogP contribution in [-0.4, -0.2) is 17.0 Å². The molecule has 0 bridgehead atoms. The number of carbonyl (C=O) groups is 1. The summed E-state index contributed by atoms with van der Waals surface area (Å²) in [4.78, 5) is 10.3. The van der Waals surface area contributed by atoms with E-state index in [4.69, 9.17) is 11.6 Å². The van der Waals surface area contributed by atoms with E-state index in [1.54, 1.807) is 6.07 Å². The molecule has 1 N–H and O–H groups in total. The van der Waals surface area contributed by atoms with Gasteiger partial charge in [-0.1, -0.05) is 17.7 Å². The summed E-state index contributed by atoms with van der Waals surface area (Å²) in [5.41, 5.74) is -0.859. The molecule has 0 saturated heterocycles. The van der Waals surface area contributed by atoms with E-state index in [0.29, 0.717) is 16.9 Å². The van der Waals surface area contributed by atoms with Crippen LogP contribution < -0.4 is 0 Å². The lowest BCUT2D eigenvalue weighted by Gasteiger charge is -2.20. The van der Waals surface area contributed by atoms with Gasteiger partial charge in [-0.25, -0.2) is 4.39 Å². The van der Waals surface area contributed by atoms with Crippen LogP contribution in [0.1, 0.15) is 18.9 Å². The lowest BCUT2D eigenvalue weighted by molar-refractivity contribution is -0.111. The Hall–Kier alpha value is -0.930. The van der Waals surface area contributed by atoms with Gasteiger partial charge in [0.05, 0.1) is 5.60 Å². The van der Waals surface area contributed by atoms with Crippen molar-refractivity contribution in [2.24, 2.45) is 0 Å². The summed E-state index contributed by atoms with van der Waals surface area (Å²) in [6.07, 6.45) is 0.692. The zero-order valence-electron chi connectivity index (χ0n) is 8.34. The Morgan fingerprint density at radius 1 is 1.60 bits per heavy atom. The zero-order valence-corrected chi connectivity index (χ0v) is 9.09. The first-order valence-corrected chi connectivity index (χ1v) is 4.92. The minimum Gasteiger partial charge on any atom is -0.389 e. The quantitative estimate of drug-likeness (QED) is 0.807. The van der Waals surface area contributed by atoms with Crippen molar-refractivity contribution in [2.45, 2.75) is 25.4 Å². The summed E-state index contributed by atoms with van der Waals surface area (Å²) in [6, 6.07) is 4.25. The van der Waals surface area contributed by atoms with Crippen molar-refractivity contribution in [1.29, 1.82) is 0 Å². The Labute approximate surface area is 92.7 Å². The standard InChI is InChI=1S/C11H12ClFO2/c1-11(15,4-5-14)7-8-2-3-9(12)6-10(8)13/h2-3,5-6,15H,4,7H2,1H3. The lowest BCUT2D eigenvalue weighted by Crippen LogP contribution is -2.28. The van der Waals surface area contributed by atoms with Crippen molar-refractivity contribution >= 4 is 17.9 Å². The predicted octanol–water partition coefficient (Wildman–Crippen LogP) is 2.36. The molecule has 1 rings (SSSR count). The lowest BCUT2D eigenvalue weighted by atomic mass is 9.94. The highest BCUT2D eigenvalue weighted by Gasteiger charge is 2.21. The molecule has 0 heterocycles. The number of rotatable bonds is 4. The highest BCUT2D eigenvalue weighted by Crippen LogP contribution is 2.20. The minimum absolute atomic E-state index is 0.0188. The maximum atomic E-state index is 13.3. The van der Waals surface area contributed by atoms with Gasteiger partial charge in [0, 0.05) is 17.9 Å². The van der Waals surface area contributed by atoms with Gasteiger partial charge in [0.25, 0.3) is 0 Å². The number of aliphatic hydroxyl groups is 1. The molecule has 1 aromatic rings. The largest absolute Gasteiger partial charge is 0.389 e. The molecule has 0 aliphatic carbocycles. The average Bonchev–Trinajstić information content (AvgIpc) is 2.09. The summed E-state index contributed by atoms with van der Waals surface area (Å²) < 4.78 is 13.3. The Morgan fingerprint density at radius 2 is 2.27 bits per heavy atom. The van der Waals surface area contributed by atoms with Crippen LogP contribution in [0.5, 0.6) is 0 Å².